The molecule has 0 unspecified atom stereocenters. The Morgan fingerprint density at radius 2 is 1.75 bits per heavy atom. The van der Waals surface area contributed by atoms with Crippen molar-refractivity contribution in [2.24, 2.45) is 0 Å². The highest BCUT2D eigenvalue weighted by atomic mass is 19.3. The van der Waals surface area contributed by atoms with Crippen LogP contribution in [-0.4, -0.2) is 33.3 Å². The van der Waals surface area contributed by atoms with Crippen molar-refractivity contribution in [2.45, 2.75) is 13.5 Å². The predicted octanol–water partition coefficient (Wildman–Crippen LogP) is 4.36. The van der Waals surface area contributed by atoms with E-state index in [0.29, 0.717) is 22.7 Å². The third-order valence-electron chi connectivity index (χ3n) is 3.53. The third-order valence-corrected chi connectivity index (χ3v) is 3.53. The van der Waals surface area contributed by atoms with Gasteiger partial charge in [0.2, 0.25) is 5.91 Å². The Balaban J connectivity index is 2.12. The van der Waals surface area contributed by atoms with Gasteiger partial charge in [-0.05, 0) is 30.7 Å². The van der Waals surface area contributed by atoms with E-state index in [1.807, 2.05) is 0 Å². The number of rotatable bonds is 9. The maximum Gasteiger partial charge on any atom is 0.387 e. The van der Waals surface area contributed by atoms with Crippen LogP contribution in [0.3, 0.4) is 0 Å². The average Bonchev–Trinajstić information content (AvgIpc) is 2.67. The lowest BCUT2D eigenvalue weighted by atomic mass is 10.2. The number of nitrogens with one attached hydrogen (secondary N) is 1. The summed E-state index contributed by atoms with van der Waals surface area (Å²) in [5.74, 6) is 0.787. The van der Waals surface area contributed by atoms with Crippen molar-refractivity contribution in [2.75, 3.05) is 26.1 Å². The van der Waals surface area contributed by atoms with Crippen LogP contribution in [-0.2, 0) is 4.79 Å². The molecule has 1 N–H and O–H groups in total. The Kier molecular flexibility index (Phi) is 7.62. The number of methoxy groups -OCH3 is 2. The first-order valence-electron chi connectivity index (χ1n) is 8.39. The molecular formula is C20H21F2NO5. The van der Waals surface area contributed by atoms with Crippen LogP contribution in [0, 0.1) is 0 Å². The highest BCUT2D eigenvalue weighted by Gasteiger charge is 2.11. The fourth-order valence-corrected chi connectivity index (χ4v) is 2.33. The largest absolute Gasteiger partial charge is 0.497 e. The van der Waals surface area contributed by atoms with E-state index in [1.165, 1.54) is 38.5 Å². The van der Waals surface area contributed by atoms with Crippen molar-refractivity contribution >= 4 is 17.7 Å². The molecule has 0 aliphatic carbocycles. The van der Waals surface area contributed by atoms with E-state index in [1.54, 1.807) is 31.2 Å². The number of hydrogen-bond donors (Lipinski definition) is 1. The van der Waals surface area contributed by atoms with Gasteiger partial charge in [0.25, 0.3) is 0 Å². The van der Waals surface area contributed by atoms with Crippen LogP contribution >= 0.6 is 0 Å². The van der Waals surface area contributed by atoms with Crippen LogP contribution < -0.4 is 24.3 Å². The van der Waals surface area contributed by atoms with Crippen molar-refractivity contribution in [3.8, 4) is 23.0 Å². The van der Waals surface area contributed by atoms with Crippen molar-refractivity contribution in [1.29, 1.82) is 0 Å². The van der Waals surface area contributed by atoms with Crippen LogP contribution in [0.15, 0.2) is 42.5 Å². The molecule has 2 rings (SSSR count). The molecule has 0 saturated heterocycles. The molecule has 0 aliphatic heterocycles. The molecule has 0 fully saturated rings. The van der Waals surface area contributed by atoms with Crippen LogP contribution in [0.25, 0.3) is 6.08 Å². The zero-order valence-corrected chi connectivity index (χ0v) is 15.7. The fraction of sp³-hybridized carbons (Fsp3) is 0.250. The summed E-state index contributed by atoms with van der Waals surface area (Å²) in [6, 6.07) is 9.40. The summed E-state index contributed by atoms with van der Waals surface area (Å²) in [4.78, 5) is 12.2. The normalized spacial score (nSPS) is 10.8. The second kappa shape index (κ2) is 10.1. The highest BCUT2D eigenvalue weighted by molar-refractivity contribution is 6.02. The number of hydrogen-bond acceptors (Lipinski definition) is 5. The van der Waals surface area contributed by atoms with Gasteiger partial charge in [-0.2, -0.15) is 8.78 Å². The lowest BCUT2D eigenvalue weighted by molar-refractivity contribution is -0.111. The molecule has 28 heavy (non-hydrogen) atoms. The Morgan fingerprint density at radius 3 is 2.32 bits per heavy atom. The Labute approximate surface area is 161 Å². The smallest absolute Gasteiger partial charge is 0.387 e. The fourth-order valence-electron chi connectivity index (χ4n) is 2.33. The molecule has 0 spiro atoms. The maximum absolute atomic E-state index is 12.4. The second-order valence-electron chi connectivity index (χ2n) is 5.44. The zero-order valence-electron chi connectivity index (χ0n) is 15.7. The molecule has 0 radical (unpaired) electrons. The van der Waals surface area contributed by atoms with Gasteiger partial charge >= 0.3 is 6.61 Å². The van der Waals surface area contributed by atoms with Crippen LogP contribution in [0.2, 0.25) is 0 Å². The minimum atomic E-state index is -2.95. The lowest BCUT2D eigenvalue weighted by Crippen LogP contribution is -2.08. The first-order chi connectivity index (χ1) is 13.4. The monoisotopic (exact) mass is 393 g/mol. The minimum Gasteiger partial charge on any atom is -0.497 e. The quantitative estimate of drug-likeness (QED) is 0.642. The number of ether oxygens (including phenoxy) is 4. The maximum atomic E-state index is 12.4. The standard InChI is InChI=1S/C20H21F2NO5/c1-4-27-18-9-13(5-7-17(18)28-20(21)22)6-8-19(24)23-14-10-15(25-2)12-16(11-14)26-3/h5-12,20H,4H2,1-3H3,(H,23,24)/b8-6+. The number of alkyl halides is 2. The zero-order chi connectivity index (χ0) is 20.5. The predicted molar refractivity (Wildman–Crippen MR) is 101 cm³/mol. The van der Waals surface area contributed by atoms with Gasteiger partial charge in [0.15, 0.2) is 11.5 Å². The number of amides is 1. The van der Waals surface area contributed by atoms with E-state index in [9.17, 15) is 13.6 Å². The molecule has 0 aliphatic rings. The first kappa shape index (κ1) is 21.0. The summed E-state index contributed by atoms with van der Waals surface area (Å²) in [7, 11) is 3.02. The number of carbonyl (C=O) groups excluding carboxylic acids is 1. The van der Waals surface area contributed by atoms with Crippen LogP contribution in [0.5, 0.6) is 23.0 Å². The van der Waals surface area contributed by atoms with E-state index in [0.717, 1.165) is 0 Å². The summed E-state index contributed by atoms with van der Waals surface area (Å²) in [5, 5.41) is 2.70. The number of anilines is 1. The van der Waals surface area contributed by atoms with E-state index in [-0.39, 0.29) is 24.0 Å². The molecule has 8 heteroatoms. The van der Waals surface area contributed by atoms with Gasteiger partial charge in [0, 0.05) is 30.0 Å². The van der Waals surface area contributed by atoms with Gasteiger partial charge in [0.05, 0.1) is 20.8 Å². The van der Waals surface area contributed by atoms with E-state index in [4.69, 9.17) is 14.2 Å². The molecule has 150 valence electrons. The molecule has 0 heterocycles. The van der Waals surface area contributed by atoms with Gasteiger partial charge in [0.1, 0.15) is 11.5 Å². The van der Waals surface area contributed by atoms with Crippen LogP contribution in [0.1, 0.15) is 12.5 Å². The summed E-state index contributed by atoms with van der Waals surface area (Å²) < 4.78 is 44.9. The van der Waals surface area contributed by atoms with Gasteiger partial charge in [-0.3, -0.25) is 4.79 Å². The molecule has 0 saturated carbocycles. The second-order valence-corrected chi connectivity index (χ2v) is 5.44. The average molecular weight is 393 g/mol. The Bertz CT molecular complexity index is 817. The van der Waals surface area contributed by atoms with E-state index in [2.05, 4.69) is 10.1 Å². The van der Waals surface area contributed by atoms with Crippen molar-refractivity contribution < 1.29 is 32.5 Å². The molecule has 0 aromatic heterocycles. The van der Waals surface area contributed by atoms with Crippen molar-refractivity contribution in [3.63, 3.8) is 0 Å². The molecule has 2 aromatic rings. The van der Waals surface area contributed by atoms with Crippen molar-refractivity contribution in [1.82, 2.24) is 0 Å². The number of halogens is 2. The lowest BCUT2D eigenvalue weighted by Gasteiger charge is -2.11. The minimum absolute atomic E-state index is 0.0677. The summed E-state index contributed by atoms with van der Waals surface area (Å²) in [5.41, 5.74) is 1.09. The SMILES string of the molecule is CCOc1cc(/C=C/C(=O)Nc2cc(OC)cc(OC)c2)ccc1OC(F)F. The van der Waals surface area contributed by atoms with Crippen LogP contribution in [0.4, 0.5) is 14.5 Å². The van der Waals surface area contributed by atoms with E-state index < -0.39 is 6.61 Å². The summed E-state index contributed by atoms with van der Waals surface area (Å²) >= 11 is 0. The van der Waals surface area contributed by atoms with Gasteiger partial charge in [-0.25, -0.2) is 0 Å². The number of benzene rings is 2. The first-order valence-corrected chi connectivity index (χ1v) is 8.39. The molecule has 1 amide bonds. The third kappa shape index (κ3) is 6.15. The van der Waals surface area contributed by atoms with E-state index >= 15 is 0 Å². The van der Waals surface area contributed by atoms with Gasteiger partial charge < -0.3 is 24.3 Å². The molecule has 0 bridgehead atoms. The summed E-state index contributed by atoms with van der Waals surface area (Å²) in [6.07, 6.45) is 2.84. The molecule has 2 aromatic carbocycles. The topological polar surface area (TPSA) is 66.0 Å². The number of carbonyl (C=O) groups is 1. The highest BCUT2D eigenvalue weighted by Crippen LogP contribution is 2.30. The summed E-state index contributed by atoms with van der Waals surface area (Å²) in [6.45, 7) is -0.943. The molecular weight excluding hydrogens is 372 g/mol. The van der Waals surface area contributed by atoms with Gasteiger partial charge in [-0.15, -0.1) is 0 Å². The molecule has 6 nitrogen and oxygen atoms in total. The Hall–Kier alpha value is -3.29. The molecule has 0 atom stereocenters. The van der Waals surface area contributed by atoms with Crippen molar-refractivity contribution in [3.05, 3.63) is 48.0 Å². The van der Waals surface area contributed by atoms with Gasteiger partial charge in [-0.1, -0.05) is 6.07 Å². The Morgan fingerprint density at radius 1 is 1.07 bits per heavy atom.